The Labute approximate surface area is 144 Å². The van der Waals surface area contributed by atoms with Crippen molar-refractivity contribution in [3.05, 3.63) is 34.8 Å². The number of nitrogens with zero attached hydrogens (tertiary/aromatic N) is 2. The topological polar surface area (TPSA) is 96.5 Å². The zero-order chi connectivity index (χ0) is 18.6. The summed E-state index contributed by atoms with van der Waals surface area (Å²) in [5.41, 5.74) is 3.49. The zero-order valence-electron chi connectivity index (χ0n) is 12.6. The van der Waals surface area contributed by atoms with Crippen LogP contribution in [0.25, 0.3) is 0 Å². The van der Waals surface area contributed by atoms with Gasteiger partial charge in [-0.15, -0.1) is 0 Å². The summed E-state index contributed by atoms with van der Waals surface area (Å²) in [6, 6.07) is 2.83. The third-order valence-electron chi connectivity index (χ3n) is 3.13. The van der Waals surface area contributed by atoms with Gasteiger partial charge in [-0.2, -0.15) is 13.2 Å². The van der Waals surface area contributed by atoms with Crippen molar-refractivity contribution in [2.24, 2.45) is 5.73 Å². The standard InChI is InChI=1S/C13H14ClF4N5O2/c14-10(11(19)13(15,16)17)12(20)23(18)25-7-1-2-8(22-5-7)9-6-21-3-4-24-9/h1-2,5,9,20-21H,3-4,6,19H2. The van der Waals surface area contributed by atoms with Crippen molar-refractivity contribution < 1.29 is 27.2 Å². The number of allylic oxidation sites excluding steroid dienone is 1. The number of nitrogens with two attached hydrogens (primary N) is 1. The number of hydrogen-bond donors (Lipinski definition) is 3. The largest absolute Gasteiger partial charge is 0.432 e. The van der Waals surface area contributed by atoms with Crippen LogP contribution in [0.1, 0.15) is 11.8 Å². The molecule has 1 fully saturated rings. The van der Waals surface area contributed by atoms with Crippen LogP contribution in [0.5, 0.6) is 5.75 Å². The minimum Gasteiger partial charge on any atom is -0.393 e. The second kappa shape index (κ2) is 7.85. The van der Waals surface area contributed by atoms with Gasteiger partial charge in [-0.1, -0.05) is 16.1 Å². The van der Waals surface area contributed by atoms with E-state index >= 15 is 0 Å². The number of hydroxylamine groups is 1. The van der Waals surface area contributed by atoms with Crippen molar-refractivity contribution in [2.75, 3.05) is 19.7 Å². The molecule has 2 rings (SSSR count). The van der Waals surface area contributed by atoms with E-state index in [0.717, 1.165) is 12.7 Å². The average Bonchev–Trinajstić information content (AvgIpc) is 2.60. The van der Waals surface area contributed by atoms with Gasteiger partial charge in [0.15, 0.2) is 5.75 Å². The molecule has 0 aliphatic carbocycles. The predicted molar refractivity (Wildman–Crippen MR) is 80.2 cm³/mol. The van der Waals surface area contributed by atoms with Gasteiger partial charge in [0.05, 0.1) is 18.5 Å². The van der Waals surface area contributed by atoms with E-state index in [0.29, 0.717) is 18.8 Å². The number of rotatable bonds is 4. The first-order valence-electron chi connectivity index (χ1n) is 6.93. The molecule has 0 radical (unpaired) electrons. The minimum absolute atomic E-state index is 0.158. The number of aromatic nitrogens is 1. The van der Waals surface area contributed by atoms with E-state index < -0.39 is 28.0 Å². The highest BCUT2D eigenvalue weighted by atomic mass is 35.5. The minimum atomic E-state index is -5.00. The Morgan fingerprint density at radius 3 is 2.72 bits per heavy atom. The highest BCUT2D eigenvalue weighted by Gasteiger charge is 2.36. The van der Waals surface area contributed by atoms with E-state index in [1.807, 2.05) is 0 Å². The Morgan fingerprint density at radius 2 is 2.20 bits per heavy atom. The molecule has 138 valence electrons. The zero-order valence-corrected chi connectivity index (χ0v) is 13.4. The molecule has 2 heterocycles. The van der Waals surface area contributed by atoms with Crippen molar-refractivity contribution in [1.82, 2.24) is 15.6 Å². The van der Waals surface area contributed by atoms with Crippen molar-refractivity contribution >= 4 is 17.4 Å². The van der Waals surface area contributed by atoms with Gasteiger partial charge in [-0.25, -0.2) is 0 Å². The summed E-state index contributed by atoms with van der Waals surface area (Å²) in [6.07, 6.45) is -4.13. The van der Waals surface area contributed by atoms with Crippen LogP contribution < -0.4 is 15.9 Å². The SMILES string of the molecule is N=C(C(Cl)=C(N)C(F)(F)F)N(F)Oc1ccc(C2CNCCO2)nc1. The van der Waals surface area contributed by atoms with Crippen LogP contribution in [0, 0.1) is 5.41 Å². The number of halogens is 5. The van der Waals surface area contributed by atoms with Crippen molar-refractivity contribution in [3.8, 4) is 5.75 Å². The van der Waals surface area contributed by atoms with Gasteiger partial charge in [0, 0.05) is 13.1 Å². The Balaban J connectivity index is 2.02. The molecular formula is C13H14ClF4N5O2. The normalized spacial score (nSPS) is 19.2. The molecule has 12 heteroatoms. The Kier molecular flexibility index (Phi) is 6.03. The number of pyridine rings is 1. The van der Waals surface area contributed by atoms with Crippen molar-refractivity contribution in [1.29, 1.82) is 5.41 Å². The highest BCUT2D eigenvalue weighted by molar-refractivity contribution is 6.42. The second-order valence-corrected chi connectivity index (χ2v) is 5.27. The van der Waals surface area contributed by atoms with Crippen LogP contribution in [0.4, 0.5) is 17.7 Å². The van der Waals surface area contributed by atoms with Crippen LogP contribution in [-0.4, -0.2) is 42.0 Å². The summed E-state index contributed by atoms with van der Waals surface area (Å²) in [5.74, 6) is -1.56. The molecule has 0 spiro atoms. The highest BCUT2D eigenvalue weighted by Crippen LogP contribution is 2.27. The first-order valence-corrected chi connectivity index (χ1v) is 7.31. The lowest BCUT2D eigenvalue weighted by Crippen LogP contribution is -2.33. The average molecular weight is 384 g/mol. The fourth-order valence-corrected chi connectivity index (χ4v) is 2.03. The molecule has 1 aliphatic heterocycles. The smallest absolute Gasteiger partial charge is 0.393 e. The molecule has 0 saturated carbocycles. The molecule has 4 N–H and O–H groups in total. The van der Waals surface area contributed by atoms with E-state index in [9.17, 15) is 17.7 Å². The van der Waals surface area contributed by atoms with Crippen LogP contribution >= 0.6 is 11.6 Å². The molecule has 0 aromatic carbocycles. The molecule has 0 amide bonds. The van der Waals surface area contributed by atoms with Gasteiger partial charge in [0.25, 0.3) is 0 Å². The quantitative estimate of drug-likeness (QED) is 0.242. The Bertz CT molecular complexity index is 647. The van der Waals surface area contributed by atoms with Crippen LogP contribution in [0.3, 0.4) is 0 Å². The predicted octanol–water partition coefficient (Wildman–Crippen LogP) is 2.17. The fraction of sp³-hybridized carbons (Fsp3) is 0.385. The molecular weight excluding hydrogens is 370 g/mol. The molecule has 1 saturated heterocycles. The van der Waals surface area contributed by atoms with Gasteiger partial charge < -0.3 is 20.6 Å². The fourth-order valence-electron chi connectivity index (χ4n) is 1.86. The van der Waals surface area contributed by atoms with Crippen molar-refractivity contribution in [3.63, 3.8) is 0 Å². The maximum absolute atomic E-state index is 13.7. The van der Waals surface area contributed by atoms with E-state index in [-0.39, 0.29) is 11.9 Å². The Hall–Kier alpha value is -2.11. The lowest BCUT2D eigenvalue weighted by atomic mass is 10.2. The van der Waals surface area contributed by atoms with Gasteiger partial charge in [-0.3, -0.25) is 10.4 Å². The molecule has 1 aliphatic rings. The first kappa shape index (κ1) is 19.2. The maximum Gasteiger partial charge on any atom is 0.432 e. The molecule has 1 aromatic heterocycles. The summed E-state index contributed by atoms with van der Waals surface area (Å²) in [5, 5.41) is 8.31. The number of morpholine rings is 1. The van der Waals surface area contributed by atoms with Gasteiger partial charge >= 0.3 is 6.18 Å². The van der Waals surface area contributed by atoms with Gasteiger partial charge in [-0.05, 0) is 17.4 Å². The molecule has 1 atom stereocenters. The third kappa shape index (κ3) is 4.94. The number of amidine groups is 1. The molecule has 1 unspecified atom stereocenters. The van der Waals surface area contributed by atoms with Crippen LogP contribution in [0.2, 0.25) is 0 Å². The number of nitrogens with one attached hydrogen (secondary N) is 2. The Morgan fingerprint density at radius 1 is 1.48 bits per heavy atom. The summed E-state index contributed by atoms with van der Waals surface area (Å²) in [7, 11) is 0. The van der Waals surface area contributed by atoms with Crippen LogP contribution in [-0.2, 0) is 4.74 Å². The lowest BCUT2D eigenvalue weighted by molar-refractivity contribution is -0.139. The summed E-state index contributed by atoms with van der Waals surface area (Å²) in [4.78, 5) is 8.61. The first-order chi connectivity index (χ1) is 11.7. The monoisotopic (exact) mass is 383 g/mol. The summed E-state index contributed by atoms with van der Waals surface area (Å²) >= 11 is 5.26. The lowest BCUT2D eigenvalue weighted by Gasteiger charge is -2.23. The third-order valence-corrected chi connectivity index (χ3v) is 3.51. The number of ether oxygens (including phenoxy) is 1. The van der Waals surface area contributed by atoms with E-state index in [2.05, 4.69) is 15.1 Å². The number of alkyl halides is 3. The maximum atomic E-state index is 13.7. The molecule has 0 bridgehead atoms. The molecule has 25 heavy (non-hydrogen) atoms. The van der Waals surface area contributed by atoms with Gasteiger partial charge in [0.2, 0.25) is 5.84 Å². The molecule has 7 nitrogen and oxygen atoms in total. The van der Waals surface area contributed by atoms with E-state index in [4.69, 9.17) is 27.5 Å². The summed E-state index contributed by atoms with van der Waals surface area (Å²) < 4.78 is 56.4. The molecule has 1 aromatic rings. The number of hydrogen-bond acceptors (Lipinski definition) is 6. The van der Waals surface area contributed by atoms with Crippen molar-refractivity contribution in [2.45, 2.75) is 12.3 Å². The summed E-state index contributed by atoms with van der Waals surface area (Å²) in [6.45, 7) is 1.81. The van der Waals surface area contributed by atoms with Gasteiger partial charge in [0.1, 0.15) is 16.8 Å². The van der Waals surface area contributed by atoms with E-state index in [1.165, 1.54) is 12.1 Å². The van der Waals surface area contributed by atoms with E-state index in [1.54, 1.807) is 0 Å². The van der Waals surface area contributed by atoms with Crippen LogP contribution in [0.15, 0.2) is 29.1 Å². The second-order valence-electron chi connectivity index (χ2n) is 4.89.